The molecule has 0 aliphatic carbocycles. The minimum absolute atomic E-state index is 0.289. The predicted molar refractivity (Wildman–Crippen MR) is 70.5 cm³/mol. The Morgan fingerprint density at radius 1 is 1.33 bits per heavy atom. The second-order valence-electron chi connectivity index (χ2n) is 4.87. The van der Waals surface area contributed by atoms with E-state index in [4.69, 9.17) is 0 Å². The minimum atomic E-state index is 0.289. The molecular formula is C14H18N4. The molecule has 0 radical (unpaired) electrons. The van der Waals surface area contributed by atoms with Crippen molar-refractivity contribution < 1.29 is 0 Å². The maximum absolute atomic E-state index is 4.32. The Kier molecular flexibility index (Phi) is 3.11. The summed E-state index contributed by atoms with van der Waals surface area (Å²) in [5, 5.41) is 11.8. The smallest absolute Gasteiger partial charge is 0.137 e. The molecule has 0 spiro atoms. The number of nitrogens with zero attached hydrogens (tertiary/aromatic N) is 3. The molecule has 1 N–H and O–H groups in total. The Morgan fingerprint density at radius 2 is 2.17 bits per heavy atom. The zero-order chi connectivity index (χ0) is 12.4. The molecule has 2 unspecified atom stereocenters. The van der Waals surface area contributed by atoms with Gasteiger partial charge in [0.1, 0.15) is 12.2 Å². The van der Waals surface area contributed by atoms with E-state index in [1.54, 1.807) is 0 Å². The van der Waals surface area contributed by atoms with E-state index in [2.05, 4.69) is 51.3 Å². The molecule has 2 heterocycles. The number of rotatable bonds is 3. The first-order chi connectivity index (χ1) is 8.86. The molecular weight excluding hydrogens is 224 g/mol. The van der Waals surface area contributed by atoms with Gasteiger partial charge in [-0.05, 0) is 25.5 Å². The number of hydrogen-bond donors (Lipinski definition) is 1. The Labute approximate surface area is 107 Å². The summed E-state index contributed by atoms with van der Waals surface area (Å²) in [5.74, 6) is 1.61. The SMILES string of the molecule is CC(c1ccccc1)n1cnnc1C1CCNC1. The lowest BCUT2D eigenvalue weighted by Crippen LogP contribution is -2.15. The predicted octanol–water partition coefficient (Wildman–Crippen LogP) is 1.96. The molecule has 3 rings (SSSR count). The van der Waals surface area contributed by atoms with Gasteiger partial charge in [-0.2, -0.15) is 0 Å². The van der Waals surface area contributed by atoms with Crippen LogP contribution in [0.1, 0.15) is 36.7 Å². The van der Waals surface area contributed by atoms with Crippen LogP contribution in [0, 0.1) is 0 Å². The van der Waals surface area contributed by atoms with Gasteiger partial charge in [-0.25, -0.2) is 0 Å². The summed E-state index contributed by atoms with van der Waals surface area (Å²) in [5.41, 5.74) is 1.30. The molecule has 0 bridgehead atoms. The summed E-state index contributed by atoms with van der Waals surface area (Å²) in [4.78, 5) is 0. The van der Waals surface area contributed by atoms with Crippen LogP contribution in [0.5, 0.6) is 0 Å². The van der Waals surface area contributed by atoms with Crippen molar-refractivity contribution in [1.29, 1.82) is 0 Å². The maximum atomic E-state index is 4.32. The topological polar surface area (TPSA) is 42.7 Å². The van der Waals surface area contributed by atoms with Crippen LogP contribution in [-0.2, 0) is 0 Å². The lowest BCUT2D eigenvalue weighted by molar-refractivity contribution is 0.562. The van der Waals surface area contributed by atoms with E-state index < -0.39 is 0 Å². The van der Waals surface area contributed by atoms with Gasteiger partial charge >= 0.3 is 0 Å². The van der Waals surface area contributed by atoms with Crippen molar-refractivity contribution in [3.63, 3.8) is 0 Å². The molecule has 1 aromatic heterocycles. The largest absolute Gasteiger partial charge is 0.316 e. The van der Waals surface area contributed by atoms with Crippen molar-refractivity contribution in [2.75, 3.05) is 13.1 Å². The van der Waals surface area contributed by atoms with Crippen molar-refractivity contribution in [2.24, 2.45) is 0 Å². The Balaban J connectivity index is 1.90. The minimum Gasteiger partial charge on any atom is -0.316 e. The fourth-order valence-corrected chi connectivity index (χ4v) is 2.61. The van der Waals surface area contributed by atoms with Gasteiger partial charge in [0.15, 0.2) is 0 Å². The summed E-state index contributed by atoms with van der Waals surface area (Å²) in [6.07, 6.45) is 3.01. The second-order valence-corrected chi connectivity index (χ2v) is 4.87. The molecule has 1 fully saturated rings. The van der Waals surface area contributed by atoms with Gasteiger partial charge < -0.3 is 9.88 Å². The first kappa shape index (κ1) is 11.4. The molecule has 4 nitrogen and oxygen atoms in total. The molecule has 2 aromatic rings. The average Bonchev–Trinajstić information content (AvgIpc) is 3.09. The third kappa shape index (κ3) is 2.04. The monoisotopic (exact) mass is 242 g/mol. The Morgan fingerprint density at radius 3 is 2.89 bits per heavy atom. The van der Waals surface area contributed by atoms with Crippen molar-refractivity contribution in [1.82, 2.24) is 20.1 Å². The average molecular weight is 242 g/mol. The van der Waals surface area contributed by atoms with Gasteiger partial charge in [-0.3, -0.25) is 0 Å². The van der Waals surface area contributed by atoms with Gasteiger partial charge in [-0.1, -0.05) is 30.3 Å². The third-order valence-electron chi connectivity index (χ3n) is 3.73. The molecule has 0 saturated carbocycles. The van der Waals surface area contributed by atoms with Gasteiger partial charge in [-0.15, -0.1) is 10.2 Å². The standard InChI is InChI=1S/C14H18N4/c1-11(12-5-3-2-4-6-12)18-10-16-17-14(18)13-7-8-15-9-13/h2-6,10-11,13,15H,7-9H2,1H3. The Hall–Kier alpha value is -1.68. The maximum Gasteiger partial charge on any atom is 0.137 e. The molecule has 1 aliphatic heterocycles. The fraction of sp³-hybridized carbons (Fsp3) is 0.429. The summed E-state index contributed by atoms with van der Waals surface area (Å²) in [6.45, 7) is 4.29. The number of aromatic nitrogens is 3. The van der Waals surface area contributed by atoms with E-state index in [9.17, 15) is 0 Å². The van der Waals surface area contributed by atoms with Crippen LogP contribution in [0.3, 0.4) is 0 Å². The van der Waals surface area contributed by atoms with Crippen LogP contribution in [0.2, 0.25) is 0 Å². The van der Waals surface area contributed by atoms with E-state index in [-0.39, 0.29) is 6.04 Å². The zero-order valence-electron chi connectivity index (χ0n) is 10.6. The first-order valence-electron chi connectivity index (χ1n) is 6.51. The Bertz CT molecular complexity index is 500. The van der Waals surface area contributed by atoms with Crippen LogP contribution >= 0.6 is 0 Å². The first-order valence-corrected chi connectivity index (χ1v) is 6.51. The molecule has 0 amide bonds. The number of nitrogens with one attached hydrogen (secondary N) is 1. The lowest BCUT2D eigenvalue weighted by atomic mass is 10.1. The second kappa shape index (κ2) is 4.90. The molecule has 1 aliphatic rings. The summed E-state index contributed by atoms with van der Waals surface area (Å²) in [6, 6.07) is 10.8. The van der Waals surface area contributed by atoms with Crippen molar-refractivity contribution in [3.8, 4) is 0 Å². The summed E-state index contributed by atoms with van der Waals surface area (Å²) in [7, 11) is 0. The van der Waals surface area contributed by atoms with Crippen molar-refractivity contribution >= 4 is 0 Å². The summed E-state index contributed by atoms with van der Waals surface area (Å²) < 4.78 is 2.20. The van der Waals surface area contributed by atoms with E-state index in [1.807, 2.05) is 12.4 Å². The molecule has 1 saturated heterocycles. The molecule has 2 atom stereocenters. The van der Waals surface area contributed by atoms with Gasteiger partial charge in [0, 0.05) is 12.5 Å². The van der Waals surface area contributed by atoms with Gasteiger partial charge in [0.05, 0.1) is 6.04 Å². The highest BCUT2D eigenvalue weighted by Crippen LogP contribution is 2.25. The van der Waals surface area contributed by atoms with Crippen molar-refractivity contribution in [3.05, 3.63) is 48.0 Å². The lowest BCUT2D eigenvalue weighted by Gasteiger charge is -2.18. The van der Waals surface area contributed by atoms with E-state index in [0.717, 1.165) is 25.3 Å². The molecule has 18 heavy (non-hydrogen) atoms. The van der Waals surface area contributed by atoms with E-state index in [1.165, 1.54) is 5.56 Å². The van der Waals surface area contributed by atoms with Gasteiger partial charge in [0.2, 0.25) is 0 Å². The normalized spacial score (nSPS) is 21.1. The highest BCUT2D eigenvalue weighted by molar-refractivity contribution is 5.20. The molecule has 1 aromatic carbocycles. The van der Waals surface area contributed by atoms with Crippen molar-refractivity contribution in [2.45, 2.75) is 25.3 Å². The van der Waals surface area contributed by atoms with E-state index in [0.29, 0.717) is 5.92 Å². The van der Waals surface area contributed by atoms with Crippen LogP contribution < -0.4 is 5.32 Å². The third-order valence-corrected chi connectivity index (χ3v) is 3.73. The summed E-state index contributed by atoms with van der Waals surface area (Å²) >= 11 is 0. The highest BCUT2D eigenvalue weighted by Gasteiger charge is 2.23. The van der Waals surface area contributed by atoms with Crippen LogP contribution in [0.15, 0.2) is 36.7 Å². The quantitative estimate of drug-likeness (QED) is 0.894. The van der Waals surface area contributed by atoms with Crippen LogP contribution in [0.25, 0.3) is 0 Å². The van der Waals surface area contributed by atoms with Gasteiger partial charge in [0.25, 0.3) is 0 Å². The highest BCUT2D eigenvalue weighted by atomic mass is 15.3. The number of benzene rings is 1. The van der Waals surface area contributed by atoms with Crippen LogP contribution in [-0.4, -0.2) is 27.9 Å². The zero-order valence-corrected chi connectivity index (χ0v) is 10.6. The van der Waals surface area contributed by atoms with Crippen LogP contribution in [0.4, 0.5) is 0 Å². The van der Waals surface area contributed by atoms with E-state index >= 15 is 0 Å². The number of hydrogen-bond acceptors (Lipinski definition) is 3. The molecule has 4 heteroatoms. The molecule has 94 valence electrons. The fourth-order valence-electron chi connectivity index (χ4n) is 2.61.